The van der Waals surface area contributed by atoms with Crippen molar-refractivity contribution in [3.63, 3.8) is 0 Å². The molecule has 1 aliphatic heterocycles. The SMILES string of the molecule is O=C(N[C@@H]1CCN(C(=O)c2ccc3nccnc3c2)C(OC(F)F)[C@H]1c1ccccc1)c1ccccc1. The second kappa shape index (κ2) is 10.8. The molecule has 1 N–H and O–H groups in total. The van der Waals surface area contributed by atoms with E-state index in [9.17, 15) is 18.4 Å². The molecule has 3 atom stereocenters. The third-order valence-corrected chi connectivity index (χ3v) is 6.49. The molecule has 0 radical (unpaired) electrons. The lowest BCUT2D eigenvalue weighted by atomic mass is 9.83. The fraction of sp³-hybridized carbons (Fsp3) is 0.214. The summed E-state index contributed by atoms with van der Waals surface area (Å²) in [7, 11) is 0. The Morgan fingerprint density at radius 3 is 2.27 bits per heavy atom. The Morgan fingerprint density at radius 1 is 0.892 bits per heavy atom. The molecule has 3 aromatic carbocycles. The van der Waals surface area contributed by atoms with Crippen LogP contribution in [-0.4, -0.2) is 52.1 Å². The van der Waals surface area contributed by atoms with Crippen LogP contribution in [0.1, 0.15) is 38.6 Å². The average molecular weight is 503 g/mol. The van der Waals surface area contributed by atoms with Gasteiger partial charge in [0.15, 0.2) is 0 Å². The van der Waals surface area contributed by atoms with Crippen LogP contribution in [-0.2, 0) is 4.74 Å². The fourth-order valence-corrected chi connectivity index (χ4v) is 4.80. The molecule has 1 unspecified atom stereocenters. The number of piperidine rings is 1. The number of nitrogens with one attached hydrogen (secondary N) is 1. The standard InChI is InChI=1S/C28H24F2N4O3/c29-28(30)37-27-24(18-7-3-1-4-8-18)22(33-25(35)19-9-5-2-6-10-19)13-16-34(27)26(36)20-11-12-21-23(17-20)32-15-14-31-21/h1-12,14-15,17,22,24,27-28H,13,16H2,(H,33,35)/t22-,24+,27?/m1/s1. The number of hydrogen-bond donors (Lipinski definition) is 1. The highest BCUT2D eigenvalue weighted by Gasteiger charge is 2.44. The molecule has 5 rings (SSSR count). The first kappa shape index (κ1) is 24.5. The van der Waals surface area contributed by atoms with Crippen LogP contribution in [0.3, 0.4) is 0 Å². The maximum Gasteiger partial charge on any atom is 0.347 e. The second-order valence-corrected chi connectivity index (χ2v) is 8.72. The van der Waals surface area contributed by atoms with E-state index >= 15 is 0 Å². The first-order valence-electron chi connectivity index (χ1n) is 11.9. The summed E-state index contributed by atoms with van der Waals surface area (Å²) >= 11 is 0. The number of fused-ring (bicyclic) bond motifs is 1. The van der Waals surface area contributed by atoms with E-state index in [1.54, 1.807) is 79.0 Å². The first-order valence-corrected chi connectivity index (χ1v) is 11.9. The molecule has 1 saturated heterocycles. The van der Waals surface area contributed by atoms with Crippen LogP contribution >= 0.6 is 0 Å². The van der Waals surface area contributed by atoms with Crippen molar-refractivity contribution in [2.24, 2.45) is 0 Å². The third-order valence-electron chi connectivity index (χ3n) is 6.49. The summed E-state index contributed by atoms with van der Waals surface area (Å²) in [4.78, 5) is 36.4. The Labute approximate surface area is 212 Å². The summed E-state index contributed by atoms with van der Waals surface area (Å²) in [6, 6.07) is 21.9. The number of benzene rings is 3. The number of halogens is 2. The van der Waals surface area contributed by atoms with E-state index in [-0.39, 0.29) is 18.0 Å². The number of aromatic nitrogens is 2. The fourth-order valence-electron chi connectivity index (χ4n) is 4.80. The average Bonchev–Trinajstić information content (AvgIpc) is 2.93. The number of likely N-dealkylation sites (tertiary alicyclic amines) is 1. The van der Waals surface area contributed by atoms with Crippen LogP contribution < -0.4 is 5.32 Å². The molecule has 1 fully saturated rings. The van der Waals surface area contributed by atoms with Crippen molar-refractivity contribution in [1.29, 1.82) is 0 Å². The summed E-state index contributed by atoms with van der Waals surface area (Å²) in [5, 5.41) is 2.99. The van der Waals surface area contributed by atoms with Gasteiger partial charge in [-0.15, -0.1) is 0 Å². The minimum Gasteiger partial charge on any atom is -0.348 e. The van der Waals surface area contributed by atoms with Gasteiger partial charge in [-0.25, -0.2) is 0 Å². The van der Waals surface area contributed by atoms with Gasteiger partial charge < -0.3 is 10.2 Å². The largest absolute Gasteiger partial charge is 0.348 e. The zero-order chi connectivity index (χ0) is 25.8. The highest BCUT2D eigenvalue weighted by molar-refractivity contribution is 5.97. The van der Waals surface area contributed by atoms with E-state index < -0.39 is 30.7 Å². The van der Waals surface area contributed by atoms with Crippen molar-refractivity contribution in [3.05, 3.63) is 108 Å². The molecule has 7 nitrogen and oxygen atoms in total. The van der Waals surface area contributed by atoms with E-state index in [0.29, 0.717) is 28.6 Å². The van der Waals surface area contributed by atoms with Gasteiger partial charge in [-0.3, -0.25) is 24.3 Å². The van der Waals surface area contributed by atoms with Gasteiger partial charge in [-0.1, -0.05) is 48.5 Å². The van der Waals surface area contributed by atoms with Gasteiger partial charge in [0.05, 0.1) is 11.0 Å². The van der Waals surface area contributed by atoms with Crippen LogP contribution in [0, 0.1) is 0 Å². The molecule has 188 valence electrons. The number of carbonyl (C=O) groups is 2. The molecule has 0 spiro atoms. The Kier molecular flexibility index (Phi) is 7.14. The number of rotatable bonds is 6. The summed E-state index contributed by atoms with van der Waals surface area (Å²) in [5.74, 6) is -1.53. The minimum absolute atomic E-state index is 0.109. The molecule has 9 heteroatoms. The Hall–Kier alpha value is -4.24. The van der Waals surface area contributed by atoms with E-state index in [1.807, 2.05) is 6.07 Å². The lowest BCUT2D eigenvalue weighted by molar-refractivity contribution is -0.211. The van der Waals surface area contributed by atoms with Gasteiger partial charge in [0, 0.05) is 42.0 Å². The number of ether oxygens (including phenoxy) is 1. The quantitative estimate of drug-likeness (QED) is 0.416. The Bertz CT molecular complexity index is 1390. The number of nitrogens with zero attached hydrogens (tertiary/aromatic N) is 3. The molecule has 4 aromatic rings. The smallest absolute Gasteiger partial charge is 0.347 e. The van der Waals surface area contributed by atoms with Gasteiger partial charge in [0.25, 0.3) is 11.8 Å². The summed E-state index contributed by atoms with van der Waals surface area (Å²) in [6.07, 6.45) is 2.10. The van der Waals surface area contributed by atoms with E-state index in [0.717, 1.165) is 0 Å². The van der Waals surface area contributed by atoms with Crippen LogP contribution in [0.4, 0.5) is 8.78 Å². The molecule has 2 heterocycles. The van der Waals surface area contributed by atoms with Gasteiger partial charge in [0.1, 0.15) is 6.23 Å². The number of hydrogen-bond acceptors (Lipinski definition) is 5. The van der Waals surface area contributed by atoms with Crippen molar-refractivity contribution in [1.82, 2.24) is 20.2 Å². The van der Waals surface area contributed by atoms with E-state index in [2.05, 4.69) is 15.3 Å². The zero-order valence-electron chi connectivity index (χ0n) is 19.7. The molecule has 1 aliphatic rings. The Balaban J connectivity index is 1.50. The van der Waals surface area contributed by atoms with Crippen molar-refractivity contribution < 1.29 is 23.1 Å². The lowest BCUT2D eigenvalue weighted by Gasteiger charge is -2.45. The number of carbonyl (C=O) groups excluding carboxylic acids is 2. The van der Waals surface area contributed by atoms with Gasteiger partial charge in [-0.2, -0.15) is 8.78 Å². The molecular formula is C28H24F2N4O3. The monoisotopic (exact) mass is 502 g/mol. The van der Waals surface area contributed by atoms with Crippen LogP contribution in [0.15, 0.2) is 91.3 Å². The van der Waals surface area contributed by atoms with Crippen molar-refractivity contribution in [3.8, 4) is 0 Å². The van der Waals surface area contributed by atoms with Crippen LogP contribution in [0.2, 0.25) is 0 Å². The third kappa shape index (κ3) is 5.31. The lowest BCUT2D eigenvalue weighted by Crippen LogP contribution is -2.58. The maximum absolute atomic E-state index is 13.7. The summed E-state index contributed by atoms with van der Waals surface area (Å²) in [5.41, 5.74) is 2.55. The highest BCUT2D eigenvalue weighted by atomic mass is 19.3. The van der Waals surface area contributed by atoms with Crippen LogP contribution in [0.5, 0.6) is 0 Å². The van der Waals surface area contributed by atoms with Gasteiger partial charge >= 0.3 is 6.61 Å². The molecule has 2 amide bonds. The molecule has 0 aliphatic carbocycles. The summed E-state index contributed by atoms with van der Waals surface area (Å²) < 4.78 is 32.6. The van der Waals surface area contributed by atoms with Crippen LogP contribution in [0.25, 0.3) is 11.0 Å². The number of amides is 2. The minimum atomic E-state index is -3.13. The summed E-state index contributed by atoms with van der Waals surface area (Å²) in [6.45, 7) is -3.02. The molecule has 1 aromatic heterocycles. The topological polar surface area (TPSA) is 84.4 Å². The predicted molar refractivity (Wildman–Crippen MR) is 133 cm³/mol. The Morgan fingerprint density at radius 2 is 1.57 bits per heavy atom. The van der Waals surface area contributed by atoms with Crippen molar-refractivity contribution >= 4 is 22.8 Å². The molecule has 37 heavy (non-hydrogen) atoms. The second-order valence-electron chi connectivity index (χ2n) is 8.72. The normalized spacial score (nSPS) is 19.6. The maximum atomic E-state index is 13.7. The molecule has 0 bridgehead atoms. The van der Waals surface area contributed by atoms with E-state index in [1.165, 1.54) is 11.1 Å². The van der Waals surface area contributed by atoms with Crippen molar-refractivity contribution in [2.75, 3.05) is 6.54 Å². The highest BCUT2D eigenvalue weighted by Crippen LogP contribution is 2.36. The first-order chi connectivity index (χ1) is 18.0. The number of alkyl halides is 2. The van der Waals surface area contributed by atoms with E-state index in [4.69, 9.17) is 4.74 Å². The van der Waals surface area contributed by atoms with Crippen molar-refractivity contribution in [2.45, 2.75) is 31.2 Å². The predicted octanol–water partition coefficient (Wildman–Crippen LogP) is 4.62. The van der Waals surface area contributed by atoms with Gasteiger partial charge in [-0.05, 0) is 42.3 Å². The molecular weight excluding hydrogens is 478 g/mol. The molecule has 0 saturated carbocycles. The zero-order valence-corrected chi connectivity index (χ0v) is 19.7. The van der Waals surface area contributed by atoms with Gasteiger partial charge in [0.2, 0.25) is 0 Å².